The number of aromatic nitrogens is 2. The first kappa shape index (κ1) is 22.8. The van der Waals surface area contributed by atoms with Gasteiger partial charge in [-0.15, -0.1) is 11.3 Å². The van der Waals surface area contributed by atoms with Crippen molar-refractivity contribution in [3.8, 4) is 0 Å². The van der Waals surface area contributed by atoms with E-state index in [0.717, 1.165) is 35.9 Å². The lowest BCUT2D eigenvalue weighted by atomic mass is 9.89. The van der Waals surface area contributed by atoms with Crippen molar-refractivity contribution in [1.29, 1.82) is 0 Å². The molecule has 0 saturated heterocycles. The maximum atomic E-state index is 13.4. The molecule has 0 aromatic carbocycles. The van der Waals surface area contributed by atoms with Crippen LogP contribution < -0.4 is 10.9 Å². The summed E-state index contributed by atoms with van der Waals surface area (Å²) in [7, 11) is 1.27. The molecule has 0 bridgehead atoms. The normalized spacial score (nSPS) is 16.0. The van der Waals surface area contributed by atoms with Crippen molar-refractivity contribution in [2.75, 3.05) is 19.4 Å². The average molecular weight is 452 g/mol. The quantitative estimate of drug-likeness (QED) is 0.377. The molecule has 0 aliphatic heterocycles. The molecule has 1 aliphatic rings. The number of nitrogens with zero attached hydrogens (tertiary/aromatic N) is 2. The van der Waals surface area contributed by atoms with Crippen LogP contribution in [0.5, 0.6) is 0 Å². The fourth-order valence-electron chi connectivity index (χ4n) is 3.52. The molecule has 0 radical (unpaired) electrons. The Labute approximate surface area is 184 Å². The molecule has 3 rings (SSSR count). The van der Waals surface area contributed by atoms with E-state index in [1.165, 1.54) is 29.3 Å². The predicted octanol–water partition coefficient (Wildman–Crippen LogP) is 3.01. The Balaban J connectivity index is 1.89. The van der Waals surface area contributed by atoms with Gasteiger partial charge < -0.3 is 10.1 Å². The molecule has 1 aliphatic carbocycles. The van der Waals surface area contributed by atoms with Crippen LogP contribution in [0.1, 0.15) is 44.1 Å². The summed E-state index contributed by atoms with van der Waals surface area (Å²) in [5.74, 6) is 0.361. The third-order valence-corrected chi connectivity index (χ3v) is 7.42. The topological polar surface area (TPSA) is 90.3 Å². The lowest BCUT2D eigenvalue weighted by molar-refractivity contribution is -0.140. The molecule has 1 atom stereocenters. The van der Waals surface area contributed by atoms with E-state index in [1.54, 1.807) is 15.9 Å². The van der Waals surface area contributed by atoms with Gasteiger partial charge in [0.2, 0.25) is 5.91 Å². The first-order valence-electron chi connectivity index (χ1n) is 10.3. The summed E-state index contributed by atoms with van der Waals surface area (Å²) in [6.45, 7) is 6.90. The number of methoxy groups -OCH3 is 1. The lowest BCUT2D eigenvalue weighted by Crippen LogP contribution is -2.32. The minimum absolute atomic E-state index is 0.00479. The number of amides is 1. The Morgan fingerprint density at radius 2 is 2.17 bits per heavy atom. The lowest BCUT2D eigenvalue weighted by Gasteiger charge is -2.18. The molecule has 0 saturated carbocycles. The van der Waals surface area contributed by atoms with E-state index < -0.39 is 5.97 Å². The summed E-state index contributed by atoms with van der Waals surface area (Å²) >= 11 is 2.85. The van der Waals surface area contributed by atoms with Gasteiger partial charge in [-0.25, -0.2) is 4.98 Å². The van der Waals surface area contributed by atoms with Crippen LogP contribution in [-0.4, -0.2) is 40.8 Å². The second kappa shape index (κ2) is 9.96. The third-order valence-electron chi connectivity index (χ3n) is 5.30. The van der Waals surface area contributed by atoms with Gasteiger partial charge in [-0.05, 0) is 43.1 Å². The Morgan fingerprint density at radius 3 is 2.87 bits per heavy atom. The Hall–Kier alpha value is -1.87. The molecule has 2 heterocycles. The first-order valence-corrected chi connectivity index (χ1v) is 12.1. The van der Waals surface area contributed by atoms with E-state index in [4.69, 9.17) is 4.98 Å². The summed E-state index contributed by atoms with van der Waals surface area (Å²) in [6.07, 6.45) is 3.89. The Kier molecular flexibility index (Phi) is 7.57. The van der Waals surface area contributed by atoms with Crippen molar-refractivity contribution in [2.45, 2.75) is 58.2 Å². The molecule has 1 unspecified atom stereocenters. The summed E-state index contributed by atoms with van der Waals surface area (Å²) in [5, 5.41) is 3.85. The zero-order valence-corrected chi connectivity index (χ0v) is 19.6. The van der Waals surface area contributed by atoms with Crippen molar-refractivity contribution in [3.63, 3.8) is 0 Å². The highest BCUT2D eigenvalue weighted by atomic mass is 32.2. The van der Waals surface area contributed by atoms with E-state index in [2.05, 4.69) is 30.8 Å². The number of hydrogen-bond donors (Lipinski definition) is 1. The smallest absolute Gasteiger partial charge is 0.325 e. The monoisotopic (exact) mass is 451 g/mol. The molecule has 9 heteroatoms. The van der Waals surface area contributed by atoms with Gasteiger partial charge >= 0.3 is 5.97 Å². The number of carbonyl (C=O) groups is 2. The molecule has 0 fully saturated rings. The Bertz CT molecular complexity index is 996. The number of nitrogens with one attached hydrogen (secondary N) is 1. The van der Waals surface area contributed by atoms with E-state index >= 15 is 0 Å². The summed E-state index contributed by atoms with van der Waals surface area (Å²) in [6, 6.07) is 0. The van der Waals surface area contributed by atoms with E-state index in [-0.39, 0.29) is 23.8 Å². The van der Waals surface area contributed by atoms with Crippen molar-refractivity contribution in [1.82, 2.24) is 14.9 Å². The molecule has 0 spiro atoms. The number of thioether (sulfide) groups is 1. The van der Waals surface area contributed by atoms with Gasteiger partial charge in [-0.2, -0.15) is 0 Å². The molecule has 1 N–H and O–H groups in total. The molecular formula is C21H29N3O4S2. The van der Waals surface area contributed by atoms with Gasteiger partial charge in [-0.1, -0.05) is 32.5 Å². The molecular weight excluding hydrogens is 422 g/mol. The second-order valence-electron chi connectivity index (χ2n) is 8.21. The number of hydrogen-bond acceptors (Lipinski definition) is 7. The fraction of sp³-hybridized carbons (Fsp3) is 0.619. The summed E-state index contributed by atoms with van der Waals surface area (Å²) in [4.78, 5) is 43.6. The van der Waals surface area contributed by atoms with Crippen LogP contribution >= 0.6 is 23.1 Å². The van der Waals surface area contributed by atoms with Crippen molar-refractivity contribution in [3.05, 3.63) is 20.8 Å². The van der Waals surface area contributed by atoms with Crippen molar-refractivity contribution < 1.29 is 14.3 Å². The maximum Gasteiger partial charge on any atom is 0.325 e. The van der Waals surface area contributed by atoms with Crippen LogP contribution in [0, 0.1) is 11.8 Å². The average Bonchev–Trinajstić information content (AvgIpc) is 3.06. The third kappa shape index (κ3) is 5.24. The zero-order valence-electron chi connectivity index (χ0n) is 17.9. The van der Waals surface area contributed by atoms with Crippen molar-refractivity contribution >= 4 is 45.2 Å². The van der Waals surface area contributed by atoms with Gasteiger partial charge in [0.25, 0.3) is 5.56 Å². The molecule has 7 nitrogen and oxygen atoms in total. The highest BCUT2D eigenvalue weighted by Crippen LogP contribution is 2.36. The van der Waals surface area contributed by atoms with Gasteiger partial charge in [-0.3, -0.25) is 19.0 Å². The molecule has 2 aromatic heterocycles. The number of thiophene rings is 1. The fourth-order valence-corrected chi connectivity index (χ4v) is 5.80. The summed E-state index contributed by atoms with van der Waals surface area (Å²) in [5.41, 5.74) is 1.18. The van der Waals surface area contributed by atoms with E-state index in [0.29, 0.717) is 23.5 Å². The standard InChI is InChI=1S/C21H29N3O4S2/c1-12(2)7-8-24-20(27)18-14-6-5-13(3)9-15(14)30-19(18)23-21(24)29-11-16(25)22-10-17(26)28-4/h12-13H,5-11H2,1-4H3,(H,22,25). The number of esters is 1. The van der Waals surface area contributed by atoms with Crippen LogP contribution in [0.25, 0.3) is 10.2 Å². The molecule has 30 heavy (non-hydrogen) atoms. The van der Waals surface area contributed by atoms with Crippen LogP contribution in [0.2, 0.25) is 0 Å². The van der Waals surface area contributed by atoms with Crippen LogP contribution in [-0.2, 0) is 33.7 Å². The second-order valence-corrected chi connectivity index (χ2v) is 10.2. The highest BCUT2D eigenvalue weighted by molar-refractivity contribution is 7.99. The van der Waals surface area contributed by atoms with Gasteiger partial charge in [0, 0.05) is 11.4 Å². The minimum atomic E-state index is -0.500. The number of aryl methyl sites for hydroxylation is 1. The zero-order chi connectivity index (χ0) is 21.8. The summed E-state index contributed by atoms with van der Waals surface area (Å²) < 4.78 is 6.26. The van der Waals surface area contributed by atoms with Crippen LogP contribution in [0.4, 0.5) is 0 Å². The SMILES string of the molecule is COC(=O)CNC(=O)CSc1nc2sc3c(c2c(=O)n1CCC(C)C)CCC(C)C3. The predicted molar refractivity (Wildman–Crippen MR) is 120 cm³/mol. The van der Waals surface area contributed by atoms with Gasteiger partial charge in [0.05, 0.1) is 18.2 Å². The number of ether oxygens (including phenoxy) is 1. The minimum Gasteiger partial charge on any atom is -0.468 e. The maximum absolute atomic E-state index is 13.4. The Morgan fingerprint density at radius 1 is 1.40 bits per heavy atom. The van der Waals surface area contributed by atoms with Gasteiger partial charge in [0.1, 0.15) is 11.4 Å². The number of carbonyl (C=O) groups excluding carboxylic acids is 2. The van der Waals surface area contributed by atoms with Crippen molar-refractivity contribution in [2.24, 2.45) is 11.8 Å². The number of fused-ring (bicyclic) bond motifs is 3. The molecule has 1 amide bonds. The van der Waals surface area contributed by atoms with E-state index in [1.807, 2.05) is 0 Å². The number of rotatable bonds is 8. The van der Waals surface area contributed by atoms with Gasteiger partial charge in [0.15, 0.2) is 5.16 Å². The highest BCUT2D eigenvalue weighted by Gasteiger charge is 2.25. The molecule has 2 aromatic rings. The van der Waals surface area contributed by atoms with Crippen LogP contribution in [0.15, 0.2) is 9.95 Å². The van der Waals surface area contributed by atoms with E-state index in [9.17, 15) is 14.4 Å². The molecule has 164 valence electrons. The largest absolute Gasteiger partial charge is 0.468 e. The first-order chi connectivity index (χ1) is 14.3. The van der Waals surface area contributed by atoms with Crippen LogP contribution in [0.3, 0.4) is 0 Å².